The van der Waals surface area contributed by atoms with Crippen LogP contribution in [0.5, 0.6) is 5.75 Å². The number of rotatable bonds is 9. The molecule has 1 aromatic heterocycles. The normalized spacial score (nSPS) is 10.5. The van der Waals surface area contributed by atoms with E-state index in [4.69, 9.17) is 4.74 Å². The van der Waals surface area contributed by atoms with Crippen LogP contribution >= 0.6 is 27.3 Å². The summed E-state index contributed by atoms with van der Waals surface area (Å²) in [6.07, 6.45) is 8.40. The Morgan fingerprint density at radius 2 is 2.00 bits per heavy atom. The number of carbonyl (C=O) groups excluding carboxylic acids is 1. The van der Waals surface area contributed by atoms with Crippen molar-refractivity contribution in [2.45, 2.75) is 45.4 Å². The first-order chi connectivity index (χ1) is 8.27. The standard InChI is InChI=1S/C13H19BrO2S/c1-2-3-4-5-6-7-8-16-12-9-11(10-15)17-13(12)14/h9-10H,2-8H2,1H3. The predicted molar refractivity (Wildman–Crippen MR) is 76.3 cm³/mol. The molecule has 0 unspecified atom stereocenters. The largest absolute Gasteiger partial charge is 0.491 e. The molecule has 0 radical (unpaired) electrons. The third-order valence-electron chi connectivity index (χ3n) is 2.55. The van der Waals surface area contributed by atoms with Crippen LogP contribution in [0.15, 0.2) is 9.85 Å². The van der Waals surface area contributed by atoms with E-state index in [9.17, 15) is 4.79 Å². The fourth-order valence-corrected chi connectivity index (χ4v) is 3.02. The van der Waals surface area contributed by atoms with E-state index in [1.165, 1.54) is 43.4 Å². The molecule has 1 aromatic rings. The SMILES string of the molecule is CCCCCCCCOc1cc(C=O)sc1Br. The van der Waals surface area contributed by atoms with Crippen LogP contribution in [0.3, 0.4) is 0 Å². The number of hydrogen-bond donors (Lipinski definition) is 0. The molecule has 0 atom stereocenters. The molecule has 17 heavy (non-hydrogen) atoms. The molecule has 0 aliphatic rings. The van der Waals surface area contributed by atoms with Crippen LogP contribution in [0.1, 0.15) is 55.1 Å². The minimum absolute atomic E-state index is 0.704. The van der Waals surface area contributed by atoms with Crippen LogP contribution in [-0.2, 0) is 0 Å². The quantitative estimate of drug-likeness (QED) is 0.469. The Morgan fingerprint density at radius 1 is 1.29 bits per heavy atom. The Morgan fingerprint density at radius 3 is 2.65 bits per heavy atom. The summed E-state index contributed by atoms with van der Waals surface area (Å²) in [6.45, 7) is 2.96. The first kappa shape index (κ1) is 14.7. The molecule has 0 spiro atoms. The highest BCUT2D eigenvalue weighted by Crippen LogP contribution is 2.33. The zero-order valence-electron chi connectivity index (χ0n) is 10.2. The van der Waals surface area contributed by atoms with E-state index in [0.717, 1.165) is 28.8 Å². The van der Waals surface area contributed by atoms with Gasteiger partial charge in [0.2, 0.25) is 0 Å². The minimum Gasteiger partial charge on any atom is -0.491 e. The van der Waals surface area contributed by atoms with Crippen molar-refractivity contribution in [3.8, 4) is 5.75 Å². The van der Waals surface area contributed by atoms with Gasteiger partial charge in [-0.3, -0.25) is 4.79 Å². The van der Waals surface area contributed by atoms with Gasteiger partial charge in [-0.2, -0.15) is 0 Å². The summed E-state index contributed by atoms with van der Waals surface area (Å²) in [4.78, 5) is 11.3. The lowest BCUT2D eigenvalue weighted by molar-refractivity contribution is 0.112. The summed E-state index contributed by atoms with van der Waals surface area (Å²) in [5.74, 6) is 0.797. The van der Waals surface area contributed by atoms with E-state index in [0.29, 0.717) is 4.88 Å². The molecular weight excluding hydrogens is 300 g/mol. The zero-order chi connectivity index (χ0) is 12.5. The number of aldehydes is 1. The van der Waals surface area contributed by atoms with Crippen molar-refractivity contribution in [2.75, 3.05) is 6.61 Å². The van der Waals surface area contributed by atoms with Gasteiger partial charge in [-0.15, -0.1) is 11.3 Å². The minimum atomic E-state index is 0.704. The second-order valence-corrected chi connectivity index (χ2v) is 6.42. The Hall–Kier alpha value is -0.350. The third-order valence-corrected chi connectivity index (χ3v) is 4.25. The number of halogens is 1. The van der Waals surface area contributed by atoms with Crippen LogP contribution in [0.2, 0.25) is 0 Å². The molecule has 0 saturated carbocycles. The van der Waals surface area contributed by atoms with Gasteiger partial charge in [0.25, 0.3) is 0 Å². The van der Waals surface area contributed by atoms with E-state index in [1.807, 2.05) is 0 Å². The zero-order valence-corrected chi connectivity index (χ0v) is 12.6. The average molecular weight is 319 g/mol. The average Bonchev–Trinajstić information content (AvgIpc) is 2.69. The Kier molecular flexibility index (Phi) is 7.53. The summed E-state index contributed by atoms with van der Waals surface area (Å²) < 4.78 is 6.54. The van der Waals surface area contributed by atoms with Crippen LogP contribution in [0.25, 0.3) is 0 Å². The molecular formula is C13H19BrO2S. The first-order valence-electron chi connectivity index (χ1n) is 6.15. The molecule has 0 saturated heterocycles. The smallest absolute Gasteiger partial charge is 0.160 e. The van der Waals surface area contributed by atoms with E-state index in [2.05, 4.69) is 22.9 Å². The second kappa shape index (κ2) is 8.70. The van der Waals surface area contributed by atoms with Gasteiger partial charge in [0.1, 0.15) is 9.54 Å². The molecule has 0 fully saturated rings. The fourth-order valence-electron chi connectivity index (χ4n) is 1.59. The maximum Gasteiger partial charge on any atom is 0.160 e. The maximum atomic E-state index is 10.6. The summed E-state index contributed by atoms with van der Waals surface area (Å²) in [5, 5.41) is 0. The summed E-state index contributed by atoms with van der Waals surface area (Å²) in [7, 11) is 0. The Labute approximate surface area is 115 Å². The molecule has 4 heteroatoms. The Bertz CT molecular complexity index is 336. The van der Waals surface area contributed by atoms with E-state index >= 15 is 0 Å². The highest BCUT2D eigenvalue weighted by atomic mass is 79.9. The summed E-state index contributed by atoms with van der Waals surface area (Å²) >= 11 is 4.81. The molecule has 0 amide bonds. The first-order valence-corrected chi connectivity index (χ1v) is 7.76. The molecule has 1 heterocycles. The molecule has 0 aliphatic carbocycles. The monoisotopic (exact) mass is 318 g/mol. The van der Waals surface area contributed by atoms with Crippen LogP contribution in [0, 0.1) is 0 Å². The highest BCUT2D eigenvalue weighted by Gasteiger charge is 2.06. The lowest BCUT2D eigenvalue weighted by Crippen LogP contribution is -1.96. The fraction of sp³-hybridized carbons (Fsp3) is 0.615. The molecule has 2 nitrogen and oxygen atoms in total. The van der Waals surface area contributed by atoms with Crippen molar-refractivity contribution >= 4 is 33.6 Å². The van der Waals surface area contributed by atoms with Gasteiger partial charge < -0.3 is 4.74 Å². The number of thiophene rings is 1. The number of unbranched alkanes of at least 4 members (excludes halogenated alkanes) is 5. The van der Waals surface area contributed by atoms with Crippen molar-refractivity contribution in [2.24, 2.45) is 0 Å². The van der Waals surface area contributed by atoms with E-state index in [-0.39, 0.29) is 0 Å². The van der Waals surface area contributed by atoms with Gasteiger partial charge in [-0.25, -0.2) is 0 Å². The van der Waals surface area contributed by atoms with Crippen LogP contribution in [0.4, 0.5) is 0 Å². The number of hydrogen-bond acceptors (Lipinski definition) is 3. The second-order valence-electron chi connectivity index (χ2n) is 4.02. The van der Waals surface area contributed by atoms with Gasteiger partial charge in [-0.1, -0.05) is 39.0 Å². The number of carbonyl (C=O) groups is 1. The van der Waals surface area contributed by atoms with Crippen molar-refractivity contribution in [3.05, 3.63) is 14.7 Å². The van der Waals surface area contributed by atoms with Crippen molar-refractivity contribution < 1.29 is 9.53 Å². The van der Waals surface area contributed by atoms with Crippen molar-refractivity contribution in [1.29, 1.82) is 0 Å². The van der Waals surface area contributed by atoms with Gasteiger partial charge in [0, 0.05) is 6.07 Å². The predicted octanol–water partition coefficient (Wildman–Crippen LogP) is 5.06. The van der Waals surface area contributed by atoms with Crippen molar-refractivity contribution in [1.82, 2.24) is 0 Å². The third kappa shape index (κ3) is 5.68. The summed E-state index contributed by atoms with van der Waals surface area (Å²) in [6, 6.07) is 1.79. The molecule has 0 aromatic carbocycles. The lowest BCUT2D eigenvalue weighted by atomic mass is 10.1. The van der Waals surface area contributed by atoms with Crippen LogP contribution < -0.4 is 4.74 Å². The van der Waals surface area contributed by atoms with Gasteiger partial charge in [0.15, 0.2) is 6.29 Å². The highest BCUT2D eigenvalue weighted by molar-refractivity contribution is 9.11. The van der Waals surface area contributed by atoms with Gasteiger partial charge >= 0.3 is 0 Å². The topological polar surface area (TPSA) is 26.3 Å². The lowest BCUT2D eigenvalue weighted by Gasteiger charge is -2.04. The molecule has 0 N–H and O–H groups in total. The van der Waals surface area contributed by atoms with Gasteiger partial charge in [0.05, 0.1) is 11.5 Å². The molecule has 1 rings (SSSR count). The maximum absolute atomic E-state index is 10.6. The summed E-state index contributed by atoms with van der Waals surface area (Å²) in [5.41, 5.74) is 0. The van der Waals surface area contributed by atoms with Crippen LogP contribution in [-0.4, -0.2) is 12.9 Å². The molecule has 0 bridgehead atoms. The Balaban J connectivity index is 2.13. The molecule has 0 aliphatic heterocycles. The van der Waals surface area contributed by atoms with Gasteiger partial charge in [-0.05, 0) is 22.4 Å². The van der Waals surface area contributed by atoms with E-state index < -0.39 is 0 Å². The van der Waals surface area contributed by atoms with E-state index in [1.54, 1.807) is 6.07 Å². The van der Waals surface area contributed by atoms with Crippen molar-refractivity contribution in [3.63, 3.8) is 0 Å². The number of ether oxygens (including phenoxy) is 1. The molecule has 96 valence electrons.